The molecule has 0 aliphatic carbocycles. The van der Waals surface area contributed by atoms with Gasteiger partial charge < -0.3 is 9.80 Å². The number of hydrogen-bond acceptors (Lipinski definition) is 4. The Morgan fingerprint density at radius 2 is 1.57 bits per heavy atom. The minimum atomic E-state index is 0.0539. The van der Waals surface area contributed by atoms with Crippen LogP contribution in [0.1, 0.15) is 29.6 Å². The summed E-state index contributed by atoms with van der Waals surface area (Å²) in [5, 5.41) is 6.88. The van der Waals surface area contributed by atoms with E-state index in [9.17, 15) is 9.59 Å². The summed E-state index contributed by atoms with van der Waals surface area (Å²) >= 11 is 0. The van der Waals surface area contributed by atoms with Gasteiger partial charge in [-0.3, -0.25) is 19.6 Å². The molecule has 2 aliphatic rings. The van der Waals surface area contributed by atoms with E-state index in [0.29, 0.717) is 25.2 Å². The number of amides is 2. The van der Waals surface area contributed by atoms with Crippen LogP contribution in [0.5, 0.6) is 0 Å². The zero-order valence-corrected chi connectivity index (χ0v) is 16.1. The number of H-pyrrole nitrogens is 1. The smallest absolute Gasteiger partial charge is 0.253 e. The van der Waals surface area contributed by atoms with Gasteiger partial charge in [-0.2, -0.15) is 5.10 Å². The fraction of sp³-hybridized carbons (Fsp3) is 0.476. The van der Waals surface area contributed by atoms with Gasteiger partial charge in [0.25, 0.3) is 5.91 Å². The lowest BCUT2D eigenvalue weighted by atomic mass is 10.1. The number of likely N-dealkylation sites (tertiary alicyclic amines) is 1. The normalized spacial score (nSPS) is 18.3. The molecule has 0 bridgehead atoms. The van der Waals surface area contributed by atoms with E-state index in [4.69, 9.17) is 0 Å². The van der Waals surface area contributed by atoms with Gasteiger partial charge in [0, 0.05) is 51.0 Å². The van der Waals surface area contributed by atoms with Crippen molar-refractivity contribution in [3.05, 3.63) is 42.1 Å². The summed E-state index contributed by atoms with van der Waals surface area (Å²) in [4.78, 5) is 31.3. The summed E-state index contributed by atoms with van der Waals surface area (Å²) in [5.41, 5.74) is 2.64. The summed E-state index contributed by atoms with van der Waals surface area (Å²) in [6.45, 7) is 5.08. The zero-order chi connectivity index (χ0) is 19.3. The first-order valence-electron chi connectivity index (χ1n) is 10.1. The zero-order valence-electron chi connectivity index (χ0n) is 16.1. The molecule has 0 saturated carbocycles. The second-order valence-electron chi connectivity index (χ2n) is 7.56. The van der Waals surface area contributed by atoms with Crippen LogP contribution < -0.4 is 0 Å². The Hall–Kier alpha value is -2.67. The van der Waals surface area contributed by atoms with E-state index in [1.807, 2.05) is 40.1 Å². The maximum absolute atomic E-state index is 12.8. The Morgan fingerprint density at radius 1 is 0.857 bits per heavy atom. The molecule has 28 heavy (non-hydrogen) atoms. The fourth-order valence-corrected chi connectivity index (χ4v) is 3.94. The standard InChI is InChI=1S/C21H27N5O2/c27-20(25-10-2-1-3-11-25)16-24-12-14-26(15-13-24)21(28)18-6-4-17(5-7-18)19-8-9-22-23-19/h4-9H,1-3,10-16H2,(H,22,23). The number of nitrogens with zero attached hydrogens (tertiary/aromatic N) is 4. The second kappa shape index (κ2) is 8.56. The number of hydrogen-bond donors (Lipinski definition) is 1. The summed E-state index contributed by atoms with van der Waals surface area (Å²) < 4.78 is 0. The molecule has 3 heterocycles. The van der Waals surface area contributed by atoms with E-state index in [2.05, 4.69) is 15.1 Å². The van der Waals surface area contributed by atoms with Crippen molar-refractivity contribution in [3.8, 4) is 11.3 Å². The highest BCUT2D eigenvalue weighted by Crippen LogP contribution is 2.18. The summed E-state index contributed by atoms with van der Waals surface area (Å²) in [5.74, 6) is 0.284. The van der Waals surface area contributed by atoms with Crippen molar-refractivity contribution in [2.24, 2.45) is 0 Å². The highest BCUT2D eigenvalue weighted by molar-refractivity contribution is 5.94. The van der Waals surface area contributed by atoms with Crippen LogP contribution in [0.25, 0.3) is 11.3 Å². The highest BCUT2D eigenvalue weighted by Gasteiger charge is 2.25. The third-order valence-corrected chi connectivity index (χ3v) is 5.67. The molecule has 7 nitrogen and oxygen atoms in total. The Labute approximate surface area is 165 Å². The molecule has 4 rings (SSSR count). The molecular weight excluding hydrogens is 354 g/mol. The van der Waals surface area contributed by atoms with Crippen LogP contribution in [-0.2, 0) is 4.79 Å². The van der Waals surface area contributed by atoms with E-state index in [0.717, 1.165) is 50.3 Å². The summed E-state index contributed by atoms with van der Waals surface area (Å²) in [6, 6.07) is 9.51. The number of aromatic amines is 1. The molecular formula is C21H27N5O2. The summed E-state index contributed by atoms with van der Waals surface area (Å²) in [6.07, 6.45) is 5.18. The van der Waals surface area contributed by atoms with Crippen molar-refractivity contribution in [1.29, 1.82) is 0 Å². The quantitative estimate of drug-likeness (QED) is 0.877. The lowest BCUT2D eigenvalue weighted by molar-refractivity contribution is -0.133. The lowest BCUT2D eigenvalue weighted by Gasteiger charge is -2.36. The van der Waals surface area contributed by atoms with Gasteiger partial charge in [-0.1, -0.05) is 12.1 Å². The Balaban J connectivity index is 1.28. The SMILES string of the molecule is O=C(CN1CCN(C(=O)c2ccc(-c3ccn[nH]3)cc2)CC1)N1CCCCC1. The molecule has 2 fully saturated rings. The predicted molar refractivity (Wildman–Crippen MR) is 107 cm³/mol. The minimum absolute atomic E-state index is 0.0539. The monoisotopic (exact) mass is 381 g/mol. The van der Waals surface area contributed by atoms with Crippen LogP contribution >= 0.6 is 0 Å². The van der Waals surface area contributed by atoms with Crippen molar-refractivity contribution in [3.63, 3.8) is 0 Å². The molecule has 0 radical (unpaired) electrons. The summed E-state index contributed by atoms with van der Waals surface area (Å²) in [7, 11) is 0. The van der Waals surface area contributed by atoms with Crippen LogP contribution in [0, 0.1) is 0 Å². The third kappa shape index (κ3) is 4.25. The van der Waals surface area contributed by atoms with Gasteiger partial charge in [0.05, 0.1) is 12.2 Å². The minimum Gasteiger partial charge on any atom is -0.342 e. The number of benzene rings is 1. The molecule has 148 valence electrons. The van der Waals surface area contributed by atoms with Crippen molar-refractivity contribution in [1.82, 2.24) is 24.9 Å². The molecule has 1 aromatic carbocycles. The van der Waals surface area contributed by atoms with Gasteiger partial charge in [-0.05, 0) is 43.0 Å². The number of aromatic nitrogens is 2. The van der Waals surface area contributed by atoms with Gasteiger partial charge in [0.15, 0.2) is 0 Å². The first-order valence-corrected chi connectivity index (χ1v) is 10.1. The van der Waals surface area contributed by atoms with E-state index in [-0.39, 0.29) is 11.8 Å². The van der Waals surface area contributed by atoms with E-state index >= 15 is 0 Å². The van der Waals surface area contributed by atoms with Crippen LogP contribution in [0.2, 0.25) is 0 Å². The maximum Gasteiger partial charge on any atom is 0.253 e. The molecule has 2 aromatic rings. The van der Waals surface area contributed by atoms with Gasteiger partial charge in [0.2, 0.25) is 5.91 Å². The van der Waals surface area contributed by atoms with Gasteiger partial charge >= 0.3 is 0 Å². The number of piperidine rings is 1. The maximum atomic E-state index is 12.8. The highest BCUT2D eigenvalue weighted by atomic mass is 16.2. The number of piperazine rings is 1. The third-order valence-electron chi connectivity index (χ3n) is 5.67. The Morgan fingerprint density at radius 3 is 2.21 bits per heavy atom. The Kier molecular flexibility index (Phi) is 5.71. The molecule has 2 aliphatic heterocycles. The van der Waals surface area contributed by atoms with E-state index in [1.165, 1.54) is 6.42 Å². The molecule has 2 amide bonds. The largest absolute Gasteiger partial charge is 0.342 e. The van der Waals surface area contributed by atoms with Crippen LogP contribution in [0.15, 0.2) is 36.5 Å². The number of rotatable bonds is 4. The lowest BCUT2D eigenvalue weighted by Crippen LogP contribution is -2.52. The molecule has 1 aromatic heterocycles. The fourth-order valence-electron chi connectivity index (χ4n) is 3.94. The topological polar surface area (TPSA) is 72.5 Å². The van der Waals surface area contributed by atoms with Crippen molar-refractivity contribution < 1.29 is 9.59 Å². The van der Waals surface area contributed by atoms with Crippen molar-refractivity contribution in [2.75, 3.05) is 45.8 Å². The van der Waals surface area contributed by atoms with Crippen LogP contribution in [0.4, 0.5) is 0 Å². The van der Waals surface area contributed by atoms with Crippen molar-refractivity contribution >= 4 is 11.8 Å². The van der Waals surface area contributed by atoms with Crippen LogP contribution in [0.3, 0.4) is 0 Å². The molecule has 1 N–H and O–H groups in total. The number of nitrogens with one attached hydrogen (secondary N) is 1. The first kappa shape index (κ1) is 18.7. The van der Waals surface area contributed by atoms with E-state index in [1.54, 1.807) is 6.20 Å². The molecule has 0 atom stereocenters. The second-order valence-corrected chi connectivity index (χ2v) is 7.56. The van der Waals surface area contributed by atoms with Crippen molar-refractivity contribution in [2.45, 2.75) is 19.3 Å². The molecule has 7 heteroatoms. The van der Waals surface area contributed by atoms with Gasteiger partial charge in [-0.25, -0.2) is 0 Å². The van der Waals surface area contributed by atoms with Crippen LogP contribution in [-0.4, -0.2) is 82.5 Å². The molecule has 2 saturated heterocycles. The predicted octanol–water partition coefficient (Wildman–Crippen LogP) is 1.85. The van der Waals surface area contributed by atoms with E-state index < -0.39 is 0 Å². The Bertz CT molecular complexity index is 789. The average Bonchev–Trinajstić information content (AvgIpc) is 3.29. The number of carbonyl (C=O) groups excluding carboxylic acids is 2. The average molecular weight is 381 g/mol. The van der Waals surface area contributed by atoms with Gasteiger partial charge in [0.1, 0.15) is 0 Å². The molecule has 0 unspecified atom stereocenters. The molecule has 0 spiro atoms. The first-order chi connectivity index (χ1) is 13.7. The van der Waals surface area contributed by atoms with Gasteiger partial charge in [-0.15, -0.1) is 0 Å². The number of carbonyl (C=O) groups is 2.